The summed E-state index contributed by atoms with van der Waals surface area (Å²) in [6.07, 6.45) is 1.05. The summed E-state index contributed by atoms with van der Waals surface area (Å²) in [6.45, 7) is 4.48. The van der Waals surface area contributed by atoms with Gasteiger partial charge in [0.15, 0.2) is 11.5 Å². The van der Waals surface area contributed by atoms with Crippen LogP contribution < -0.4 is 20.3 Å². The van der Waals surface area contributed by atoms with Gasteiger partial charge in [-0.05, 0) is 30.7 Å². The average molecular weight is 496 g/mol. The SMILES string of the molecule is CCOC(=O)CC(Cc1cc(=O)n(CCc2ccc3c(n2)NCCOC3)o1)c1ccc2c(c1)OCO2. The summed E-state index contributed by atoms with van der Waals surface area (Å²) in [5.74, 6) is 2.06. The predicted octanol–water partition coefficient (Wildman–Crippen LogP) is 3.03. The molecule has 1 unspecified atom stereocenters. The van der Waals surface area contributed by atoms with Crippen molar-refractivity contribution in [3.63, 3.8) is 0 Å². The number of esters is 1. The van der Waals surface area contributed by atoms with E-state index in [4.69, 9.17) is 23.5 Å². The lowest BCUT2D eigenvalue weighted by molar-refractivity contribution is -0.143. The number of benzene rings is 1. The molecule has 1 N–H and O–H groups in total. The Balaban J connectivity index is 1.29. The van der Waals surface area contributed by atoms with Gasteiger partial charge in [0.25, 0.3) is 5.56 Å². The van der Waals surface area contributed by atoms with Crippen molar-refractivity contribution in [2.75, 3.05) is 31.9 Å². The second-order valence-electron chi connectivity index (χ2n) is 8.70. The van der Waals surface area contributed by atoms with Gasteiger partial charge in [0.1, 0.15) is 11.6 Å². The molecule has 1 aromatic carbocycles. The molecule has 5 rings (SSSR count). The molecule has 0 saturated carbocycles. The van der Waals surface area contributed by atoms with Crippen molar-refractivity contribution < 1.29 is 28.3 Å². The molecule has 0 aliphatic carbocycles. The minimum atomic E-state index is -0.310. The molecule has 0 fully saturated rings. The summed E-state index contributed by atoms with van der Waals surface area (Å²) in [6, 6.07) is 11.0. The normalized spacial score (nSPS) is 15.0. The Morgan fingerprint density at radius 1 is 1.19 bits per heavy atom. The number of ether oxygens (including phenoxy) is 4. The largest absolute Gasteiger partial charge is 0.466 e. The Morgan fingerprint density at radius 2 is 2.08 bits per heavy atom. The Morgan fingerprint density at radius 3 is 2.97 bits per heavy atom. The van der Waals surface area contributed by atoms with Gasteiger partial charge in [0.05, 0.1) is 32.8 Å². The van der Waals surface area contributed by atoms with E-state index >= 15 is 0 Å². The number of fused-ring (bicyclic) bond motifs is 2. The number of aromatic nitrogens is 2. The molecule has 0 saturated heterocycles. The van der Waals surface area contributed by atoms with Gasteiger partial charge in [-0.3, -0.25) is 9.59 Å². The van der Waals surface area contributed by atoms with Crippen LogP contribution in [0.5, 0.6) is 11.5 Å². The summed E-state index contributed by atoms with van der Waals surface area (Å²) >= 11 is 0. The Bertz CT molecular complexity index is 1280. The van der Waals surface area contributed by atoms with Crippen molar-refractivity contribution in [3.05, 3.63) is 69.3 Å². The Hall–Kier alpha value is -3.79. The van der Waals surface area contributed by atoms with Crippen LogP contribution in [0, 0.1) is 0 Å². The van der Waals surface area contributed by atoms with E-state index < -0.39 is 0 Å². The summed E-state index contributed by atoms with van der Waals surface area (Å²) in [5.41, 5.74) is 2.53. The zero-order valence-corrected chi connectivity index (χ0v) is 20.2. The highest BCUT2D eigenvalue weighted by molar-refractivity contribution is 5.70. The van der Waals surface area contributed by atoms with E-state index in [1.54, 1.807) is 6.92 Å². The zero-order chi connectivity index (χ0) is 24.9. The fraction of sp³-hybridized carbons (Fsp3) is 0.423. The molecule has 1 atom stereocenters. The van der Waals surface area contributed by atoms with Gasteiger partial charge < -0.3 is 28.8 Å². The summed E-state index contributed by atoms with van der Waals surface area (Å²) in [5, 5.41) is 3.27. The summed E-state index contributed by atoms with van der Waals surface area (Å²) < 4.78 is 28.8. The molecular formula is C26H29N3O7. The maximum Gasteiger partial charge on any atom is 0.306 e. The van der Waals surface area contributed by atoms with E-state index in [1.807, 2.05) is 30.3 Å². The predicted molar refractivity (Wildman–Crippen MR) is 129 cm³/mol. The molecule has 0 spiro atoms. The quantitative estimate of drug-likeness (QED) is 0.447. The molecule has 36 heavy (non-hydrogen) atoms. The third kappa shape index (κ3) is 5.54. The number of hydrogen-bond acceptors (Lipinski definition) is 9. The fourth-order valence-corrected chi connectivity index (χ4v) is 4.39. The number of carbonyl (C=O) groups excluding carboxylic acids is 1. The molecule has 4 heterocycles. The van der Waals surface area contributed by atoms with Gasteiger partial charge in [-0.1, -0.05) is 12.1 Å². The van der Waals surface area contributed by atoms with Crippen molar-refractivity contribution in [1.29, 1.82) is 0 Å². The lowest BCUT2D eigenvalue weighted by Crippen LogP contribution is -2.15. The third-order valence-electron chi connectivity index (χ3n) is 6.20. The number of carbonyl (C=O) groups is 1. The first kappa shape index (κ1) is 23.9. The van der Waals surface area contributed by atoms with Crippen LogP contribution in [0.1, 0.15) is 41.8 Å². The van der Waals surface area contributed by atoms with E-state index in [9.17, 15) is 9.59 Å². The van der Waals surface area contributed by atoms with Crippen LogP contribution in [0.15, 0.2) is 45.7 Å². The Labute approximate surface area is 208 Å². The van der Waals surface area contributed by atoms with Gasteiger partial charge in [-0.15, -0.1) is 0 Å². The molecule has 2 aliphatic rings. The van der Waals surface area contributed by atoms with Gasteiger partial charge in [0, 0.05) is 42.6 Å². The maximum absolute atomic E-state index is 12.6. The standard InChI is InChI=1S/C26H29N3O7/c1-2-33-25(31)13-19(17-4-6-22-23(12-17)35-16-34-22)11-21-14-24(30)29(36-21)9-7-20-5-3-18-15-32-10-8-27-26(18)28-20/h3-6,12,14,19H,2,7-11,13,15-16H2,1H3,(H,27,28). The minimum absolute atomic E-state index is 0.151. The highest BCUT2D eigenvalue weighted by Crippen LogP contribution is 2.36. The summed E-state index contributed by atoms with van der Waals surface area (Å²) in [4.78, 5) is 29.6. The van der Waals surface area contributed by atoms with E-state index in [-0.39, 0.29) is 30.7 Å². The smallest absolute Gasteiger partial charge is 0.306 e. The number of pyridine rings is 1. The van der Waals surface area contributed by atoms with Crippen LogP contribution in [-0.2, 0) is 40.3 Å². The highest BCUT2D eigenvalue weighted by Gasteiger charge is 2.23. The Kier molecular flexibility index (Phi) is 7.22. The molecule has 10 heteroatoms. The number of anilines is 1. The van der Waals surface area contributed by atoms with Crippen molar-refractivity contribution in [2.24, 2.45) is 0 Å². The van der Waals surface area contributed by atoms with E-state index in [0.29, 0.717) is 63.0 Å². The first-order chi connectivity index (χ1) is 17.6. The highest BCUT2D eigenvalue weighted by atomic mass is 16.7. The first-order valence-electron chi connectivity index (χ1n) is 12.1. The number of hydrogen-bond donors (Lipinski definition) is 1. The topological polar surface area (TPSA) is 114 Å². The molecule has 3 aromatic rings. The number of nitrogens with one attached hydrogen (secondary N) is 1. The molecular weight excluding hydrogens is 466 g/mol. The minimum Gasteiger partial charge on any atom is -0.466 e. The van der Waals surface area contributed by atoms with Gasteiger partial charge in [-0.25, -0.2) is 4.98 Å². The monoisotopic (exact) mass is 495 g/mol. The molecule has 10 nitrogen and oxygen atoms in total. The molecule has 190 valence electrons. The van der Waals surface area contributed by atoms with Gasteiger partial charge >= 0.3 is 5.97 Å². The van der Waals surface area contributed by atoms with Crippen LogP contribution >= 0.6 is 0 Å². The number of aryl methyl sites for hydroxylation is 2. The van der Waals surface area contributed by atoms with Crippen LogP contribution in [0.3, 0.4) is 0 Å². The van der Waals surface area contributed by atoms with Gasteiger partial charge in [-0.2, -0.15) is 4.74 Å². The van der Waals surface area contributed by atoms with Crippen molar-refractivity contribution >= 4 is 11.8 Å². The average Bonchev–Trinajstić information content (AvgIpc) is 3.40. The van der Waals surface area contributed by atoms with Crippen molar-refractivity contribution in [1.82, 2.24) is 9.72 Å². The lowest BCUT2D eigenvalue weighted by Gasteiger charge is -2.16. The molecule has 0 radical (unpaired) electrons. The summed E-state index contributed by atoms with van der Waals surface area (Å²) in [7, 11) is 0. The maximum atomic E-state index is 12.6. The second kappa shape index (κ2) is 10.9. The van der Waals surface area contributed by atoms with E-state index in [2.05, 4.69) is 10.3 Å². The number of rotatable bonds is 9. The van der Waals surface area contributed by atoms with Crippen LogP contribution in [0.2, 0.25) is 0 Å². The zero-order valence-electron chi connectivity index (χ0n) is 20.2. The van der Waals surface area contributed by atoms with Crippen LogP contribution in [0.4, 0.5) is 5.82 Å². The molecule has 2 aliphatic heterocycles. The number of nitrogens with zero attached hydrogens (tertiary/aromatic N) is 2. The molecule has 0 bridgehead atoms. The third-order valence-corrected chi connectivity index (χ3v) is 6.20. The van der Waals surface area contributed by atoms with E-state index in [0.717, 1.165) is 22.6 Å². The van der Waals surface area contributed by atoms with Gasteiger partial charge in [0.2, 0.25) is 6.79 Å². The fourth-order valence-electron chi connectivity index (χ4n) is 4.39. The first-order valence-corrected chi connectivity index (χ1v) is 12.1. The molecule has 2 aromatic heterocycles. The van der Waals surface area contributed by atoms with Crippen LogP contribution in [-0.4, -0.2) is 42.2 Å². The van der Waals surface area contributed by atoms with E-state index in [1.165, 1.54) is 10.8 Å². The molecule has 0 amide bonds. The van der Waals surface area contributed by atoms with Crippen LogP contribution in [0.25, 0.3) is 0 Å². The second-order valence-corrected chi connectivity index (χ2v) is 8.70. The lowest BCUT2D eigenvalue weighted by atomic mass is 9.91. The van der Waals surface area contributed by atoms with Crippen molar-refractivity contribution in [2.45, 2.75) is 45.3 Å². The van der Waals surface area contributed by atoms with Crippen molar-refractivity contribution in [3.8, 4) is 11.5 Å².